The lowest BCUT2D eigenvalue weighted by atomic mass is 9.82. The van der Waals surface area contributed by atoms with Crippen LogP contribution in [0.1, 0.15) is 52.9 Å². The number of nitrogens with two attached hydrogens (primary N) is 1. The van der Waals surface area contributed by atoms with E-state index in [1.807, 2.05) is 59.5 Å². The summed E-state index contributed by atoms with van der Waals surface area (Å²) in [4.78, 5) is 38.0. The number of phenols is 1. The minimum absolute atomic E-state index is 0.0575. The second-order valence-electron chi connectivity index (χ2n) is 10.5. The minimum atomic E-state index is -1.24. The molecule has 4 heterocycles. The second-order valence-corrected chi connectivity index (χ2v) is 10.5. The maximum Gasteiger partial charge on any atom is 0.232 e. The fourth-order valence-corrected chi connectivity index (χ4v) is 5.85. The van der Waals surface area contributed by atoms with E-state index in [-0.39, 0.29) is 17.5 Å². The fraction of sp³-hybridized carbons (Fsp3) is 0.147. The van der Waals surface area contributed by atoms with E-state index >= 15 is 0 Å². The molecule has 0 amide bonds. The quantitative estimate of drug-likeness (QED) is 0.141. The number of aromatic hydroxyl groups is 1. The Balaban J connectivity index is 1.43. The lowest BCUT2D eigenvalue weighted by molar-refractivity contribution is 0.0979. The lowest BCUT2D eigenvalue weighted by Gasteiger charge is -2.34. The molecule has 43 heavy (non-hydrogen) atoms. The topological polar surface area (TPSA) is 132 Å². The number of hydrogen-bond acceptors (Lipinski definition) is 8. The zero-order valence-corrected chi connectivity index (χ0v) is 23.2. The van der Waals surface area contributed by atoms with Crippen LogP contribution in [0.25, 0.3) is 17.0 Å². The van der Waals surface area contributed by atoms with E-state index in [0.29, 0.717) is 41.6 Å². The van der Waals surface area contributed by atoms with Crippen LogP contribution in [-0.4, -0.2) is 43.8 Å². The van der Waals surface area contributed by atoms with Crippen LogP contribution in [0.5, 0.6) is 5.75 Å². The molecule has 3 aliphatic heterocycles. The zero-order chi connectivity index (χ0) is 29.6. The molecule has 0 bridgehead atoms. The van der Waals surface area contributed by atoms with Crippen LogP contribution < -0.4 is 5.73 Å². The van der Waals surface area contributed by atoms with Crippen molar-refractivity contribution in [2.75, 3.05) is 5.73 Å². The number of imidazole rings is 1. The number of Topliss-reactive ketones (excluding diaryl/α,β-unsaturated/α-hetero) is 1. The number of aromatic nitrogens is 2. The Morgan fingerprint density at radius 3 is 2.63 bits per heavy atom. The van der Waals surface area contributed by atoms with E-state index in [2.05, 4.69) is 20.9 Å². The number of ketones is 1. The van der Waals surface area contributed by atoms with Gasteiger partial charge in [-0.05, 0) is 54.8 Å². The number of rotatable bonds is 8. The number of nitrogens with zero attached hydrogens (tertiary/aromatic N) is 5. The van der Waals surface area contributed by atoms with E-state index in [1.54, 1.807) is 30.5 Å². The zero-order valence-electron chi connectivity index (χ0n) is 23.2. The number of benzene rings is 3. The van der Waals surface area contributed by atoms with E-state index in [9.17, 15) is 9.90 Å². The van der Waals surface area contributed by atoms with Gasteiger partial charge in [0.05, 0.1) is 22.8 Å². The van der Waals surface area contributed by atoms with Gasteiger partial charge in [0.1, 0.15) is 5.75 Å². The van der Waals surface area contributed by atoms with E-state index in [4.69, 9.17) is 22.1 Å². The van der Waals surface area contributed by atoms with E-state index in [1.165, 1.54) is 0 Å². The molecule has 7 rings (SSSR count). The van der Waals surface area contributed by atoms with Gasteiger partial charge in [-0.3, -0.25) is 9.69 Å². The first-order valence-corrected chi connectivity index (χ1v) is 14.0. The number of phenolic OH excluding ortho intramolecular Hbond substituents is 1. The molecule has 0 radical (unpaired) electrons. The van der Waals surface area contributed by atoms with Gasteiger partial charge in [0.15, 0.2) is 23.1 Å². The predicted molar refractivity (Wildman–Crippen MR) is 168 cm³/mol. The largest absolute Gasteiger partial charge is 0.508 e. The summed E-state index contributed by atoms with van der Waals surface area (Å²) in [5.74, 6) is 4.11. The average Bonchev–Trinajstić information content (AvgIpc) is 3.59. The number of carbonyl (C=O) groups excluding carboxylic acids is 1. The first-order chi connectivity index (χ1) is 21.0. The Labute approximate surface area is 248 Å². The number of terminal acetylenes is 1. The SMILES string of the molecule is C#CCCCCC(=O)c1ccc(C2(c3[nH]c(N)nc3-c3ccc(O)cc3)N=C3N=CC=C4c5ccccc5N=C2N43)cc1. The summed E-state index contributed by atoms with van der Waals surface area (Å²) in [6.07, 6.45) is 11.7. The summed E-state index contributed by atoms with van der Waals surface area (Å²) in [6, 6.07) is 22.2. The molecule has 1 aromatic heterocycles. The summed E-state index contributed by atoms with van der Waals surface area (Å²) < 4.78 is 0. The number of aromatic amines is 1. The predicted octanol–water partition coefficient (Wildman–Crippen LogP) is 5.83. The Morgan fingerprint density at radius 2 is 1.84 bits per heavy atom. The van der Waals surface area contributed by atoms with Crippen LogP contribution in [-0.2, 0) is 5.54 Å². The van der Waals surface area contributed by atoms with Gasteiger partial charge in [0, 0.05) is 35.7 Å². The van der Waals surface area contributed by atoms with Crippen LogP contribution in [0.3, 0.4) is 0 Å². The van der Waals surface area contributed by atoms with Gasteiger partial charge in [-0.25, -0.2) is 20.0 Å². The molecule has 4 aromatic rings. The third-order valence-electron chi connectivity index (χ3n) is 7.90. The number of para-hydroxylation sites is 1. The van der Waals surface area contributed by atoms with Crippen LogP contribution >= 0.6 is 0 Å². The fourth-order valence-electron chi connectivity index (χ4n) is 5.85. The van der Waals surface area contributed by atoms with Crippen molar-refractivity contribution in [3.05, 3.63) is 101 Å². The molecule has 0 saturated carbocycles. The number of aliphatic imine (C=N–C) groups is 3. The number of carbonyl (C=O) groups is 1. The number of H-pyrrole nitrogens is 1. The summed E-state index contributed by atoms with van der Waals surface area (Å²) in [5.41, 5.74) is 11.0. The maximum atomic E-state index is 13.0. The number of fused-ring (bicyclic) bond motifs is 2. The summed E-state index contributed by atoms with van der Waals surface area (Å²) >= 11 is 0. The van der Waals surface area contributed by atoms with Crippen molar-refractivity contribution in [3.8, 4) is 29.4 Å². The molecule has 0 aliphatic carbocycles. The number of hydrogen-bond donors (Lipinski definition) is 3. The molecule has 0 fully saturated rings. The van der Waals surface area contributed by atoms with Gasteiger partial charge in [0.25, 0.3) is 0 Å². The highest BCUT2D eigenvalue weighted by Crippen LogP contribution is 2.50. The van der Waals surface area contributed by atoms with Gasteiger partial charge < -0.3 is 15.8 Å². The normalized spacial score (nSPS) is 17.8. The third kappa shape index (κ3) is 4.23. The highest BCUT2D eigenvalue weighted by atomic mass is 16.3. The molecule has 4 N–H and O–H groups in total. The Bertz CT molecular complexity index is 1920. The first kappa shape index (κ1) is 26.2. The lowest BCUT2D eigenvalue weighted by Crippen LogP contribution is -2.43. The molecule has 0 saturated heterocycles. The van der Waals surface area contributed by atoms with E-state index < -0.39 is 5.54 Å². The highest BCUT2D eigenvalue weighted by molar-refractivity contribution is 6.24. The Morgan fingerprint density at radius 1 is 1.05 bits per heavy atom. The smallest absolute Gasteiger partial charge is 0.232 e. The van der Waals surface area contributed by atoms with Crippen molar-refractivity contribution in [1.29, 1.82) is 0 Å². The standard InChI is InChI=1S/C34H27N7O2/c1-2-3-4-5-10-28(43)21-11-15-23(16-12-21)34(30-29(38-32(35)39-30)22-13-17-24(42)18-14-22)31-37-26-9-7-6-8-25(26)27-19-20-36-33(40-34)41(27)31/h1,6-9,11-20,42H,3-5,10H2,(H3,35,38,39). The molecule has 210 valence electrons. The number of guanidine groups is 1. The van der Waals surface area contributed by atoms with Crippen molar-refractivity contribution in [1.82, 2.24) is 14.9 Å². The van der Waals surface area contributed by atoms with E-state index in [0.717, 1.165) is 40.9 Å². The molecule has 3 aromatic carbocycles. The summed E-state index contributed by atoms with van der Waals surface area (Å²) in [6.45, 7) is 0. The molecule has 3 aliphatic rings. The van der Waals surface area contributed by atoms with Crippen molar-refractivity contribution >= 4 is 41.1 Å². The molecule has 9 heteroatoms. The van der Waals surface area contributed by atoms with Gasteiger partial charge in [-0.1, -0.05) is 42.5 Å². The summed E-state index contributed by atoms with van der Waals surface area (Å²) in [7, 11) is 0. The van der Waals surface area contributed by atoms with Crippen LogP contribution in [0, 0.1) is 12.3 Å². The van der Waals surface area contributed by atoms with Gasteiger partial charge in [-0.15, -0.1) is 12.3 Å². The Kier molecular flexibility index (Phi) is 6.25. The molecular weight excluding hydrogens is 538 g/mol. The highest BCUT2D eigenvalue weighted by Gasteiger charge is 2.54. The third-order valence-corrected chi connectivity index (χ3v) is 7.90. The van der Waals surface area contributed by atoms with Crippen LogP contribution in [0.4, 0.5) is 11.6 Å². The van der Waals surface area contributed by atoms with Crippen LogP contribution in [0.2, 0.25) is 0 Å². The van der Waals surface area contributed by atoms with Crippen molar-refractivity contribution in [2.24, 2.45) is 15.0 Å². The van der Waals surface area contributed by atoms with Crippen LogP contribution in [0.15, 0.2) is 93.8 Å². The molecule has 9 nitrogen and oxygen atoms in total. The number of amidine groups is 1. The molecule has 0 spiro atoms. The molecular formula is C34H27N7O2. The monoisotopic (exact) mass is 565 g/mol. The number of nitrogen functional groups attached to an aromatic ring is 1. The maximum absolute atomic E-state index is 13.0. The number of unbranched alkanes of at least 4 members (excludes halogenated alkanes) is 2. The van der Waals surface area contributed by atoms with Crippen molar-refractivity contribution < 1.29 is 9.90 Å². The van der Waals surface area contributed by atoms with Gasteiger partial charge in [0.2, 0.25) is 5.96 Å². The van der Waals surface area contributed by atoms with Crippen molar-refractivity contribution in [3.63, 3.8) is 0 Å². The summed E-state index contributed by atoms with van der Waals surface area (Å²) in [5, 5.41) is 9.96. The Hall–Kier alpha value is -5.75. The van der Waals surface area contributed by atoms with Gasteiger partial charge >= 0.3 is 0 Å². The first-order valence-electron chi connectivity index (χ1n) is 14.0. The molecule has 1 atom stereocenters. The average molecular weight is 566 g/mol. The number of nitrogens with one attached hydrogen (secondary N) is 1. The second kappa shape index (κ2) is 10.3. The van der Waals surface area contributed by atoms with Crippen molar-refractivity contribution in [2.45, 2.75) is 31.2 Å². The van der Waals surface area contributed by atoms with Gasteiger partial charge in [-0.2, -0.15) is 0 Å². The number of allylic oxidation sites excluding steroid dienone is 1. The minimum Gasteiger partial charge on any atom is -0.508 e. The molecule has 1 unspecified atom stereocenters. The number of anilines is 1.